The van der Waals surface area contributed by atoms with E-state index in [1.807, 2.05) is 0 Å². The van der Waals surface area contributed by atoms with Crippen LogP contribution in [-0.4, -0.2) is 31.6 Å². The highest BCUT2D eigenvalue weighted by Crippen LogP contribution is 2.27. The minimum atomic E-state index is -2.35. The Bertz CT molecular complexity index is 429. The first-order valence-electron chi connectivity index (χ1n) is 5.61. The molecule has 1 fully saturated rings. The third kappa shape index (κ3) is 3.54. The van der Waals surface area contributed by atoms with Gasteiger partial charge in [-0.15, -0.1) is 0 Å². The molecule has 0 saturated carbocycles. The summed E-state index contributed by atoms with van der Waals surface area (Å²) >= 11 is -2.35. The summed E-state index contributed by atoms with van der Waals surface area (Å²) in [5, 5.41) is 2.74. The molecule has 100 valence electrons. The summed E-state index contributed by atoms with van der Waals surface area (Å²) in [6.45, 7) is 7.07. The zero-order valence-corrected chi connectivity index (χ0v) is 11.3. The average molecular weight is 269 g/mol. The molecule has 0 bridgehead atoms. The van der Waals surface area contributed by atoms with E-state index in [4.69, 9.17) is 0 Å². The van der Waals surface area contributed by atoms with Gasteiger partial charge in [-0.05, 0) is 18.9 Å². The number of piperidine rings is 1. The topological polar surface area (TPSA) is 72.5 Å². The fourth-order valence-corrected chi connectivity index (χ4v) is 2.73. The molecule has 0 spiro atoms. The Hall–Kier alpha value is -1.40. The molecule has 0 aliphatic carbocycles. The molecule has 0 aromatic heterocycles. The number of carbonyl (C=O) groups excluding carboxylic acids is 1. The molecule has 0 radical (unpaired) electrons. The molecule has 1 N–H and O–H groups in total. The molecule has 1 unspecified atom stereocenters. The maximum atomic E-state index is 11.2. The first-order chi connectivity index (χ1) is 8.49. The van der Waals surface area contributed by atoms with Crippen LogP contribution < -0.4 is 5.32 Å². The zero-order valence-electron chi connectivity index (χ0n) is 10.5. The number of nitrogens with one attached hydrogen (secondary N) is 1. The summed E-state index contributed by atoms with van der Waals surface area (Å²) in [7, 11) is 0. The summed E-state index contributed by atoms with van der Waals surface area (Å²) in [5.74, 6) is -0.168. The van der Waals surface area contributed by atoms with Crippen molar-refractivity contribution in [2.75, 3.05) is 6.54 Å². The third-order valence-corrected chi connectivity index (χ3v) is 3.34. The summed E-state index contributed by atoms with van der Waals surface area (Å²) in [5.41, 5.74) is 1.49. The number of nitrogens with zero attached hydrogens (tertiary/aromatic N) is 1. The molecule has 1 amide bonds. The molecule has 1 rings (SSSR count). The molecule has 5 nitrogen and oxygen atoms in total. The Morgan fingerprint density at radius 3 is 2.78 bits per heavy atom. The normalized spacial score (nSPS) is 26.2. The molecular weight excluding hydrogens is 252 g/mol. The first-order valence-corrected chi connectivity index (χ1v) is 6.65. The van der Waals surface area contributed by atoms with Gasteiger partial charge in [0.1, 0.15) is 0 Å². The molecule has 1 aliphatic heterocycles. The van der Waals surface area contributed by atoms with Crippen LogP contribution in [0, 0.1) is 0 Å². The van der Waals surface area contributed by atoms with Crippen LogP contribution in [-0.2, 0) is 16.1 Å². The average Bonchev–Trinajstić information content (AvgIpc) is 2.27. The Balaban J connectivity index is 3.03. The second-order valence-corrected chi connectivity index (χ2v) is 4.86. The predicted octanol–water partition coefficient (Wildman–Crippen LogP) is 1.01. The highest BCUT2D eigenvalue weighted by atomic mass is 32.2. The number of amides is 1. The van der Waals surface area contributed by atoms with Crippen LogP contribution in [0.3, 0.4) is 0 Å². The van der Waals surface area contributed by atoms with Crippen molar-refractivity contribution in [3.63, 3.8) is 0 Å². The highest BCUT2D eigenvalue weighted by molar-refractivity contribution is 7.76. The Labute approximate surface area is 110 Å². The smallest absolute Gasteiger partial charge is 0.217 e. The number of hydrogen-bond donors (Lipinski definition) is 1. The summed E-state index contributed by atoms with van der Waals surface area (Å²) in [6.07, 6.45) is 5.72. The van der Waals surface area contributed by atoms with Crippen molar-refractivity contribution in [3.8, 4) is 0 Å². The lowest BCUT2D eigenvalue weighted by Crippen LogP contribution is -2.47. The van der Waals surface area contributed by atoms with Crippen molar-refractivity contribution in [2.45, 2.75) is 26.3 Å². The Morgan fingerprint density at radius 1 is 1.67 bits per heavy atom. The van der Waals surface area contributed by atoms with E-state index in [1.54, 1.807) is 25.2 Å². The van der Waals surface area contributed by atoms with Crippen LogP contribution in [0.25, 0.3) is 0 Å². The lowest BCUT2D eigenvalue weighted by atomic mass is 9.97. The van der Waals surface area contributed by atoms with E-state index < -0.39 is 11.3 Å². The van der Waals surface area contributed by atoms with Gasteiger partial charge in [0, 0.05) is 23.9 Å². The monoisotopic (exact) mass is 269 g/mol. The second kappa shape index (κ2) is 6.51. The van der Waals surface area contributed by atoms with Gasteiger partial charge in [0.15, 0.2) is 0 Å². The van der Waals surface area contributed by atoms with Crippen LogP contribution in [0.4, 0.5) is 0 Å². The van der Waals surface area contributed by atoms with Crippen molar-refractivity contribution in [2.24, 2.45) is 0 Å². The van der Waals surface area contributed by atoms with E-state index in [1.165, 1.54) is 11.2 Å². The maximum Gasteiger partial charge on any atom is 0.217 e. The van der Waals surface area contributed by atoms with Crippen LogP contribution in [0.2, 0.25) is 0 Å². The van der Waals surface area contributed by atoms with Crippen LogP contribution >= 0.6 is 0 Å². The third-order valence-electron chi connectivity index (χ3n) is 2.63. The van der Waals surface area contributed by atoms with Crippen LogP contribution in [0.15, 0.2) is 36.1 Å². The molecule has 1 aliphatic rings. The van der Waals surface area contributed by atoms with E-state index in [9.17, 15) is 13.6 Å². The van der Waals surface area contributed by atoms with Crippen LogP contribution in [0.5, 0.6) is 0 Å². The second-order valence-electron chi connectivity index (χ2n) is 3.98. The highest BCUT2D eigenvalue weighted by Gasteiger charge is 2.27. The molecule has 18 heavy (non-hydrogen) atoms. The van der Waals surface area contributed by atoms with E-state index >= 15 is 0 Å². The minimum absolute atomic E-state index is 0.168. The van der Waals surface area contributed by atoms with Crippen molar-refractivity contribution < 1.29 is 13.6 Å². The lowest BCUT2D eigenvalue weighted by Gasteiger charge is -2.38. The van der Waals surface area contributed by atoms with Crippen molar-refractivity contribution in [3.05, 3.63) is 36.1 Å². The van der Waals surface area contributed by atoms with Gasteiger partial charge in [-0.25, -0.2) is 0 Å². The van der Waals surface area contributed by atoms with E-state index in [0.717, 1.165) is 5.57 Å². The van der Waals surface area contributed by atoms with Crippen LogP contribution in [0.1, 0.15) is 20.3 Å². The standard InChI is InChI=1S/C12H18N2O3S/c1-4-6-10-7-11(13-9(3)15)8-14(18(16)17)12(10)5-2/h4-6,11H,1,7-8H2,2-3H3,(H,13,15)(H,16,17)/p-1/b10-6-,12-5+/t11-/m1/s1. The molecular formula is C12H17N2O3S-. The Kier molecular flexibility index (Phi) is 5.30. The number of rotatable bonds is 3. The molecule has 6 heteroatoms. The Morgan fingerprint density at radius 2 is 2.33 bits per heavy atom. The van der Waals surface area contributed by atoms with Gasteiger partial charge < -0.3 is 14.2 Å². The van der Waals surface area contributed by atoms with E-state index in [2.05, 4.69) is 11.9 Å². The van der Waals surface area contributed by atoms with Gasteiger partial charge in [0.25, 0.3) is 0 Å². The summed E-state index contributed by atoms with van der Waals surface area (Å²) in [4.78, 5) is 11.1. The minimum Gasteiger partial charge on any atom is -0.755 e. The molecule has 1 saturated heterocycles. The van der Waals surface area contributed by atoms with Crippen molar-refractivity contribution in [1.82, 2.24) is 9.62 Å². The largest absolute Gasteiger partial charge is 0.755 e. The van der Waals surface area contributed by atoms with E-state index in [-0.39, 0.29) is 18.5 Å². The molecule has 0 aromatic rings. The molecule has 1 heterocycles. The SMILES string of the molecule is C=C/C=C1/C[C@@H](NC(C)=O)CN(S(=O)[O-])/C1=C/C. The van der Waals surface area contributed by atoms with Gasteiger partial charge in [-0.1, -0.05) is 24.8 Å². The van der Waals surface area contributed by atoms with Gasteiger partial charge in [-0.3, -0.25) is 9.00 Å². The van der Waals surface area contributed by atoms with Gasteiger partial charge in [-0.2, -0.15) is 0 Å². The van der Waals surface area contributed by atoms with Gasteiger partial charge >= 0.3 is 0 Å². The zero-order chi connectivity index (χ0) is 13.7. The van der Waals surface area contributed by atoms with Gasteiger partial charge in [0.2, 0.25) is 5.91 Å². The van der Waals surface area contributed by atoms with Crippen molar-refractivity contribution >= 4 is 17.2 Å². The van der Waals surface area contributed by atoms with Crippen molar-refractivity contribution in [1.29, 1.82) is 0 Å². The van der Waals surface area contributed by atoms with Gasteiger partial charge in [0.05, 0.1) is 12.6 Å². The maximum absolute atomic E-state index is 11.2. The predicted molar refractivity (Wildman–Crippen MR) is 69.9 cm³/mol. The molecule has 2 atom stereocenters. The van der Waals surface area contributed by atoms with E-state index in [0.29, 0.717) is 12.1 Å². The number of allylic oxidation sites excluding steroid dienone is 4. The quantitative estimate of drug-likeness (QED) is 0.777. The summed E-state index contributed by atoms with van der Waals surface area (Å²) < 4.78 is 23.7. The first kappa shape index (κ1) is 14.7. The lowest BCUT2D eigenvalue weighted by molar-refractivity contribution is -0.119. The number of carbonyl (C=O) groups is 1. The fraction of sp³-hybridized carbons (Fsp3) is 0.417. The number of hydrogen-bond acceptors (Lipinski definition) is 3. The summed E-state index contributed by atoms with van der Waals surface area (Å²) in [6, 6.07) is -0.213. The molecule has 0 aromatic carbocycles. The fourth-order valence-electron chi connectivity index (χ4n) is 2.04.